The molecule has 0 unspecified atom stereocenters. The number of hydrogen-bond acceptors (Lipinski definition) is 2. The van der Waals surface area contributed by atoms with Crippen molar-refractivity contribution in [1.29, 1.82) is 0 Å². The van der Waals surface area contributed by atoms with Gasteiger partial charge in [-0.1, -0.05) is 42.5 Å². The lowest BCUT2D eigenvalue weighted by atomic mass is 9.98. The monoisotopic (exact) mass is 336 g/mol. The molecule has 1 fully saturated rings. The first-order chi connectivity index (χ1) is 12.2. The van der Waals surface area contributed by atoms with E-state index >= 15 is 0 Å². The molecule has 1 aliphatic rings. The minimum atomic E-state index is 0.0803. The van der Waals surface area contributed by atoms with E-state index in [1.165, 1.54) is 42.6 Å². The second-order valence-electron chi connectivity index (χ2n) is 6.87. The first kappa shape index (κ1) is 17.7. The van der Waals surface area contributed by atoms with Crippen LogP contribution in [-0.2, 0) is 11.2 Å². The van der Waals surface area contributed by atoms with Crippen molar-refractivity contribution in [2.24, 2.45) is 0 Å². The number of nitrogens with one attached hydrogen (secondary N) is 1. The molecule has 0 bridgehead atoms. The minimum Gasteiger partial charge on any atom is -0.356 e. The van der Waals surface area contributed by atoms with Crippen molar-refractivity contribution < 1.29 is 4.79 Å². The van der Waals surface area contributed by atoms with Gasteiger partial charge in [0.2, 0.25) is 5.91 Å². The summed E-state index contributed by atoms with van der Waals surface area (Å²) < 4.78 is 0. The first-order valence-corrected chi connectivity index (χ1v) is 9.37. The maximum atomic E-state index is 11.7. The van der Waals surface area contributed by atoms with Gasteiger partial charge in [-0.3, -0.25) is 9.69 Å². The van der Waals surface area contributed by atoms with E-state index in [1.54, 1.807) is 0 Å². The van der Waals surface area contributed by atoms with Crippen LogP contribution in [0.2, 0.25) is 0 Å². The third kappa shape index (κ3) is 4.49. The molecule has 132 valence electrons. The molecule has 0 saturated carbocycles. The number of nitrogens with zero attached hydrogens (tertiary/aromatic N) is 1. The number of amides is 1. The normalized spacial score (nSPS) is 15.9. The zero-order chi connectivity index (χ0) is 17.6. The third-order valence-corrected chi connectivity index (χ3v) is 5.08. The summed E-state index contributed by atoms with van der Waals surface area (Å²) >= 11 is 0. The van der Waals surface area contributed by atoms with Crippen molar-refractivity contribution in [1.82, 2.24) is 10.2 Å². The molecule has 1 N–H and O–H groups in total. The quantitative estimate of drug-likeness (QED) is 0.858. The average molecular weight is 336 g/mol. The molecule has 3 nitrogen and oxygen atoms in total. The Morgan fingerprint density at radius 3 is 2.48 bits per heavy atom. The third-order valence-electron chi connectivity index (χ3n) is 5.08. The average Bonchev–Trinajstić information content (AvgIpc) is 3.17. The van der Waals surface area contributed by atoms with Crippen LogP contribution in [0, 0.1) is 0 Å². The number of carbonyl (C=O) groups is 1. The summed E-state index contributed by atoms with van der Waals surface area (Å²) in [6, 6.07) is 17.7. The van der Waals surface area contributed by atoms with Crippen LogP contribution in [0.25, 0.3) is 11.1 Å². The summed E-state index contributed by atoms with van der Waals surface area (Å²) in [5.74, 6) is 0.0803. The zero-order valence-corrected chi connectivity index (χ0v) is 15.3. The van der Waals surface area contributed by atoms with Gasteiger partial charge in [-0.25, -0.2) is 0 Å². The predicted octanol–water partition coefficient (Wildman–Crippen LogP) is 4.19. The molecule has 2 aromatic carbocycles. The fraction of sp³-hybridized carbons (Fsp3) is 0.409. The van der Waals surface area contributed by atoms with Crippen molar-refractivity contribution in [2.45, 2.75) is 39.2 Å². The molecule has 25 heavy (non-hydrogen) atoms. The van der Waals surface area contributed by atoms with Gasteiger partial charge in [0, 0.05) is 12.6 Å². The molecule has 1 aliphatic heterocycles. The maximum absolute atomic E-state index is 11.7. The van der Waals surface area contributed by atoms with E-state index in [1.807, 2.05) is 6.92 Å². The van der Waals surface area contributed by atoms with Gasteiger partial charge >= 0.3 is 0 Å². The van der Waals surface area contributed by atoms with Gasteiger partial charge in [-0.15, -0.1) is 0 Å². The van der Waals surface area contributed by atoms with Crippen LogP contribution < -0.4 is 5.32 Å². The van der Waals surface area contributed by atoms with Crippen LogP contribution >= 0.6 is 0 Å². The molecule has 1 heterocycles. The van der Waals surface area contributed by atoms with Gasteiger partial charge in [0.25, 0.3) is 0 Å². The number of likely N-dealkylation sites (N-methyl/N-ethyl adjacent to an activating group) is 1. The fourth-order valence-electron chi connectivity index (χ4n) is 3.58. The Bertz CT molecular complexity index is 702. The smallest absolute Gasteiger partial charge is 0.224 e. The van der Waals surface area contributed by atoms with E-state index in [0.29, 0.717) is 19.0 Å². The van der Waals surface area contributed by atoms with Gasteiger partial charge in [-0.2, -0.15) is 0 Å². The predicted molar refractivity (Wildman–Crippen MR) is 103 cm³/mol. The molecule has 3 heteroatoms. The molecule has 0 radical (unpaired) electrons. The van der Waals surface area contributed by atoms with Crippen molar-refractivity contribution in [3.05, 3.63) is 59.7 Å². The Morgan fingerprint density at radius 1 is 1.08 bits per heavy atom. The van der Waals surface area contributed by atoms with E-state index in [-0.39, 0.29) is 5.91 Å². The van der Waals surface area contributed by atoms with Gasteiger partial charge in [0.1, 0.15) is 0 Å². The van der Waals surface area contributed by atoms with E-state index in [0.717, 1.165) is 5.56 Å². The number of likely N-dealkylation sites (tertiary alicyclic amines) is 1. The van der Waals surface area contributed by atoms with E-state index in [9.17, 15) is 4.79 Å². The lowest BCUT2D eigenvalue weighted by Crippen LogP contribution is -2.24. The highest BCUT2D eigenvalue weighted by Crippen LogP contribution is 2.28. The molecule has 2 aromatic rings. The number of rotatable bonds is 6. The van der Waals surface area contributed by atoms with Crippen LogP contribution in [0.1, 0.15) is 43.9 Å². The Morgan fingerprint density at radius 2 is 1.80 bits per heavy atom. The zero-order valence-electron chi connectivity index (χ0n) is 15.3. The molecule has 1 saturated heterocycles. The van der Waals surface area contributed by atoms with E-state index in [2.05, 4.69) is 65.7 Å². The van der Waals surface area contributed by atoms with Gasteiger partial charge < -0.3 is 5.32 Å². The van der Waals surface area contributed by atoms with Gasteiger partial charge in [0.05, 0.1) is 6.42 Å². The highest BCUT2D eigenvalue weighted by molar-refractivity contribution is 5.78. The standard InChI is InChI=1S/C22H28N2O/c1-3-23-22(25)15-18-9-11-19(12-10-18)21-8-6-7-20(16-21)17(2)24-13-4-5-14-24/h6-12,16-17H,3-5,13-15H2,1-2H3,(H,23,25)/t17-/m0/s1. The Hall–Kier alpha value is -2.13. The van der Waals surface area contributed by atoms with Crippen LogP contribution in [0.4, 0.5) is 0 Å². The molecular weight excluding hydrogens is 308 g/mol. The molecule has 0 spiro atoms. The van der Waals surface area contributed by atoms with Gasteiger partial charge in [-0.05, 0) is 68.1 Å². The molecule has 0 aromatic heterocycles. The first-order valence-electron chi connectivity index (χ1n) is 9.37. The summed E-state index contributed by atoms with van der Waals surface area (Å²) in [7, 11) is 0. The number of hydrogen-bond donors (Lipinski definition) is 1. The molecular formula is C22H28N2O. The summed E-state index contributed by atoms with van der Waals surface area (Å²) in [6.07, 6.45) is 3.08. The number of benzene rings is 2. The Labute approximate surface area is 151 Å². The summed E-state index contributed by atoms with van der Waals surface area (Å²) in [4.78, 5) is 14.3. The van der Waals surface area contributed by atoms with Crippen LogP contribution in [0.15, 0.2) is 48.5 Å². The largest absolute Gasteiger partial charge is 0.356 e. The Kier molecular flexibility index (Phi) is 5.87. The fourth-order valence-corrected chi connectivity index (χ4v) is 3.58. The van der Waals surface area contributed by atoms with Crippen LogP contribution in [0.3, 0.4) is 0 Å². The second kappa shape index (κ2) is 8.30. The minimum absolute atomic E-state index is 0.0803. The number of carbonyl (C=O) groups excluding carboxylic acids is 1. The van der Waals surface area contributed by atoms with Crippen molar-refractivity contribution in [3.63, 3.8) is 0 Å². The topological polar surface area (TPSA) is 32.3 Å². The summed E-state index contributed by atoms with van der Waals surface area (Å²) in [6.45, 7) is 7.34. The summed E-state index contributed by atoms with van der Waals surface area (Å²) in [5, 5.41) is 2.84. The van der Waals surface area contributed by atoms with Crippen molar-refractivity contribution >= 4 is 5.91 Å². The molecule has 3 rings (SSSR count). The van der Waals surface area contributed by atoms with Gasteiger partial charge in [0.15, 0.2) is 0 Å². The SMILES string of the molecule is CCNC(=O)Cc1ccc(-c2cccc([C@H](C)N3CCCC3)c2)cc1. The highest BCUT2D eigenvalue weighted by atomic mass is 16.1. The lowest BCUT2D eigenvalue weighted by Gasteiger charge is -2.24. The summed E-state index contributed by atoms with van der Waals surface area (Å²) in [5.41, 5.74) is 4.88. The van der Waals surface area contributed by atoms with Crippen LogP contribution in [0.5, 0.6) is 0 Å². The molecule has 0 aliphatic carbocycles. The van der Waals surface area contributed by atoms with E-state index < -0.39 is 0 Å². The highest BCUT2D eigenvalue weighted by Gasteiger charge is 2.19. The van der Waals surface area contributed by atoms with E-state index in [4.69, 9.17) is 0 Å². The lowest BCUT2D eigenvalue weighted by molar-refractivity contribution is -0.120. The molecule has 1 atom stereocenters. The van der Waals surface area contributed by atoms with Crippen molar-refractivity contribution in [3.8, 4) is 11.1 Å². The Balaban J connectivity index is 1.73. The second-order valence-corrected chi connectivity index (χ2v) is 6.87. The molecule has 1 amide bonds. The maximum Gasteiger partial charge on any atom is 0.224 e. The van der Waals surface area contributed by atoms with Crippen LogP contribution in [-0.4, -0.2) is 30.4 Å². The van der Waals surface area contributed by atoms with Crippen molar-refractivity contribution in [2.75, 3.05) is 19.6 Å².